The van der Waals surface area contributed by atoms with E-state index >= 15 is 0 Å². The highest BCUT2D eigenvalue weighted by molar-refractivity contribution is 6.30. The Labute approximate surface area is 129 Å². The lowest BCUT2D eigenvalue weighted by molar-refractivity contribution is 0.488. The predicted octanol–water partition coefficient (Wildman–Crippen LogP) is 5.54. The number of oxazole rings is 1. The molecule has 0 saturated heterocycles. The first-order valence-electron chi connectivity index (χ1n) is 7.04. The fraction of sp³-hybridized carbons (Fsp3) is 0.167. The topological polar surface area (TPSA) is 26.0 Å². The average molecular weight is 298 g/mol. The molecule has 2 nitrogen and oxygen atoms in total. The molecule has 0 aliphatic carbocycles. The minimum atomic E-state index is 0.236. The van der Waals surface area contributed by atoms with E-state index in [2.05, 4.69) is 36.2 Å². The van der Waals surface area contributed by atoms with Crippen molar-refractivity contribution in [2.24, 2.45) is 0 Å². The van der Waals surface area contributed by atoms with Gasteiger partial charge in [0.25, 0.3) is 0 Å². The molecule has 1 unspecified atom stereocenters. The number of aromatic nitrogens is 1. The second kappa shape index (κ2) is 6.15. The normalized spacial score (nSPS) is 12.3. The largest absolute Gasteiger partial charge is 0.441 e. The molecule has 0 amide bonds. The Balaban J connectivity index is 1.92. The van der Waals surface area contributed by atoms with E-state index in [0.717, 1.165) is 17.7 Å². The van der Waals surface area contributed by atoms with E-state index in [1.54, 1.807) is 0 Å². The molecule has 0 N–H and O–H groups in total. The third kappa shape index (κ3) is 3.01. The fourth-order valence-electron chi connectivity index (χ4n) is 2.46. The van der Waals surface area contributed by atoms with Crippen molar-refractivity contribution in [1.82, 2.24) is 4.98 Å². The third-order valence-corrected chi connectivity index (χ3v) is 3.82. The molecule has 0 fully saturated rings. The highest BCUT2D eigenvalue weighted by Crippen LogP contribution is 2.31. The summed E-state index contributed by atoms with van der Waals surface area (Å²) >= 11 is 5.91. The van der Waals surface area contributed by atoms with E-state index in [1.807, 2.05) is 36.5 Å². The summed E-state index contributed by atoms with van der Waals surface area (Å²) in [7, 11) is 0. The average Bonchev–Trinajstić information content (AvgIpc) is 2.99. The van der Waals surface area contributed by atoms with Gasteiger partial charge in [-0.15, -0.1) is 0 Å². The van der Waals surface area contributed by atoms with E-state index in [1.165, 1.54) is 5.56 Å². The van der Waals surface area contributed by atoms with Crippen LogP contribution in [0.3, 0.4) is 0 Å². The molecule has 0 saturated carbocycles. The van der Waals surface area contributed by atoms with Gasteiger partial charge in [0.05, 0.1) is 6.20 Å². The van der Waals surface area contributed by atoms with E-state index in [0.29, 0.717) is 10.9 Å². The monoisotopic (exact) mass is 297 g/mol. The number of benzene rings is 2. The van der Waals surface area contributed by atoms with Gasteiger partial charge in [0.2, 0.25) is 5.89 Å². The molecule has 3 aromatic rings. The molecular formula is C18H16ClNO. The Morgan fingerprint density at radius 2 is 1.76 bits per heavy atom. The molecule has 0 bridgehead atoms. The van der Waals surface area contributed by atoms with Crippen molar-refractivity contribution in [1.29, 1.82) is 0 Å². The molecule has 1 heterocycles. The van der Waals surface area contributed by atoms with Crippen LogP contribution in [-0.2, 0) is 0 Å². The SMILES string of the molecule is CCC(c1ccccc1)c1cnc(-c2ccc(Cl)cc2)o1. The van der Waals surface area contributed by atoms with Crippen molar-refractivity contribution in [3.63, 3.8) is 0 Å². The smallest absolute Gasteiger partial charge is 0.226 e. The molecule has 0 radical (unpaired) electrons. The summed E-state index contributed by atoms with van der Waals surface area (Å²) in [4.78, 5) is 4.40. The summed E-state index contributed by atoms with van der Waals surface area (Å²) in [6, 6.07) is 17.9. The van der Waals surface area contributed by atoms with Crippen molar-refractivity contribution >= 4 is 11.6 Å². The molecular weight excluding hydrogens is 282 g/mol. The second-order valence-electron chi connectivity index (χ2n) is 4.95. The van der Waals surface area contributed by atoms with Crippen LogP contribution in [0.4, 0.5) is 0 Å². The molecule has 1 aromatic heterocycles. The lowest BCUT2D eigenvalue weighted by Crippen LogP contribution is -1.97. The number of rotatable bonds is 4. The van der Waals surface area contributed by atoms with Gasteiger partial charge in [0.1, 0.15) is 5.76 Å². The molecule has 0 spiro atoms. The van der Waals surface area contributed by atoms with Gasteiger partial charge in [-0.25, -0.2) is 4.98 Å². The standard InChI is InChI=1S/C18H16ClNO/c1-2-16(13-6-4-3-5-7-13)17-12-20-18(21-17)14-8-10-15(19)11-9-14/h3-12,16H,2H2,1H3. The molecule has 106 valence electrons. The van der Waals surface area contributed by atoms with Crippen molar-refractivity contribution < 1.29 is 4.42 Å². The first kappa shape index (κ1) is 13.9. The zero-order valence-corrected chi connectivity index (χ0v) is 12.5. The maximum absolute atomic E-state index is 5.96. The van der Waals surface area contributed by atoms with E-state index < -0.39 is 0 Å². The van der Waals surface area contributed by atoms with Crippen LogP contribution in [0.25, 0.3) is 11.5 Å². The van der Waals surface area contributed by atoms with E-state index in [-0.39, 0.29) is 5.92 Å². The predicted molar refractivity (Wildman–Crippen MR) is 85.5 cm³/mol. The highest BCUT2D eigenvalue weighted by Gasteiger charge is 2.17. The molecule has 0 aliphatic rings. The van der Waals surface area contributed by atoms with Gasteiger partial charge in [-0.05, 0) is 36.2 Å². The summed E-state index contributed by atoms with van der Waals surface area (Å²) in [5.41, 5.74) is 2.19. The summed E-state index contributed by atoms with van der Waals surface area (Å²) in [6.45, 7) is 2.15. The zero-order chi connectivity index (χ0) is 14.7. The first-order chi connectivity index (χ1) is 10.3. The number of nitrogens with zero attached hydrogens (tertiary/aromatic N) is 1. The number of hydrogen-bond acceptors (Lipinski definition) is 2. The quantitative estimate of drug-likeness (QED) is 0.632. The van der Waals surface area contributed by atoms with E-state index in [4.69, 9.17) is 16.0 Å². The zero-order valence-electron chi connectivity index (χ0n) is 11.8. The van der Waals surface area contributed by atoms with Crippen LogP contribution in [-0.4, -0.2) is 4.98 Å². The summed E-state index contributed by atoms with van der Waals surface area (Å²) in [6.07, 6.45) is 2.80. The van der Waals surface area contributed by atoms with Crippen molar-refractivity contribution in [2.75, 3.05) is 0 Å². The minimum Gasteiger partial charge on any atom is -0.441 e. The van der Waals surface area contributed by atoms with Crippen LogP contribution in [0.2, 0.25) is 5.02 Å². The lowest BCUT2D eigenvalue weighted by atomic mass is 9.95. The van der Waals surface area contributed by atoms with Gasteiger partial charge in [-0.2, -0.15) is 0 Å². The Hall–Kier alpha value is -2.06. The number of halogens is 1. The molecule has 3 heteroatoms. The van der Waals surface area contributed by atoms with Gasteiger partial charge in [-0.3, -0.25) is 0 Å². The van der Waals surface area contributed by atoms with Gasteiger partial charge in [-0.1, -0.05) is 48.9 Å². The molecule has 0 aliphatic heterocycles. The Kier molecular flexibility index (Phi) is 4.07. The van der Waals surface area contributed by atoms with Crippen molar-refractivity contribution in [3.8, 4) is 11.5 Å². The number of hydrogen-bond donors (Lipinski definition) is 0. The minimum absolute atomic E-state index is 0.236. The molecule has 2 aromatic carbocycles. The van der Waals surface area contributed by atoms with Gasteiger partial charge >= 0.3 is 0 Å². The maximum atomic E-state index is 5.96. The van der Waals surface area contributed by atoms with Gasteiger partial charge < -0.3 is 4.42 Å². The summed E-state index contributed by atoms with van der Waals surface area (Å²) < 4.78 is 5.96. The fourth-order valence-corrected chi connectivity index (χ4v) is 2.59. The van der Waals surface area contributed by atoms with E-state index in [9.17, 15) is 0 Å². The van der Waals surface area contributed by atoms with Crippen LogP contribution in [0.15, 0.2) is 65.2 Å². The van der Waals surface area contributed by atoms with Crippen LogP contribution < -0.4 is 0 Å². The molecule has 1 atom stereocenters. The molecule has 3 rings (SSSR count). The second-order valence-corrected chi connectivity index (χ2v) is 5.38. The van der Waals surface area contributed by atoms with Crippen molar-refractivity contribution in [2.45, 2.75) is 19.3 Å². The lowest BCUT2D eigenvalue weighted by Gasteiger charge is -2.11. The Morgan fingerprint density at radius 3 is 2.43 bits per heavy atom. The van der Waals surface area contributed by atoms with Crippen LogP contribution >= 0.6 is 11.6 Å². The van der Waals surface area contributed by atoms with Gasteiger partial charge in [0.15, 0.2) is 0 Å². The highest BCUT2D eigenvalue weighted by atomic mass is 35.5. The van der Waals surface area contributed by atoms with Crippen LogP contribution in [0.1, 0.15) is 30.6 Å². The third-order valence-electron chi connectivity index (χ3n) is 3.57. The first-order valence-corrected chi connectivity index (χ1v) is 7.42. The summed E-state index contributed by atoms with van der Waals surface area (Å²) in [5, 5.41) is 0.709. The van der Waals surface area contributed by atoms with Crippen LogP contribution in [0.5, 0.6) is 0 Å². The van der Waals surface area contributed by atoms with Crippen molar-refractivity contribution in [3.05, 3.63) is 77.1 Å². The molecule has 21 heavy (non-hydrogen) atoms. The van der Waals surface area contributed by atoms with Crippen LogP contribution in [0, 0.1) is 0 Å². The van der Waals surface area contributed by atoms with Gasteiger partial charge in [0, 0.05) is 16.5 Å². The Morgan fingerprint density at radius 1 is 1.05 bits per heavy atom. The summed E-state index contributed by atoms with van der Waals surface area (Å²) in [5.74, 6) is 1.77. The Bertz CT molecular complexity index is 704. The maximum Gasteiger partial charge on any atom is 0.226 e.